The number of nitrogens with one attached hydrogen (secondary N) is 2. The van der Waals surface area contributed by atoms with Gasteiger partial charge in [0.05, 0.1) is 12.1 Å². The maximum absolute atomic E-state index is 4.86. The first-order valence-electron chi connectivity index (χ1n) is 10.6. The average Bonchev–Trinajstić information content (AvgIpc) is 3.60. The van der Waals surface area contributed by atoms with Gasteiger partial charge in [-0.1, -0.05) is 5.16 Å². The smallest absolute Gasteiger partial charge is 0.213 e. The molecule has 160 valence electrons. The molecule has 1 aliphatic heterocycles. The summed E-state index contributed by atoms with van der Waals surface area (Å²) < 4.78 is 4.86. The van der Waals surface area contributed by atoms with E-state index in [9.17, 15) is 0 Å². The van der Waals surface area contributed by atoms with Crippen LogP contribution in [0, 0.1) is 0 Å². The van der Waals surface area contributed by atoms with Gasteiger partial charge in [0.25, 0.3) is 0 Å². The second kappa shape index (κ2) is 7.97. The number of rotatable bonds is 5. The van der Waals surface area contributed by atoms with Crippen LogP contribution in [-0.2, 0) is 6.54 Å². The van der Waals surface area contributed by atoms with E-state index in [0.29, 0.717) is 24.1 Å². The minimum Gasteiger partial charge on any atom is -0.343 e. The van der Waals surface area contributed by atoms with Crippen molar-refractivity contribution in [3.63, 3.8) is 0 Å². The predicted octanol–water partition coefficient (Wildman–Crippen LogP) is 3.17. The Hall–Kier alpha value is -3.92. The van der Waals surface area contributed by atoms with Gasteiger partial charge < -0.3 is 4.52 Å². The van der Waals surface area contributed by atoms with Crippen LogP contribution in [0.15, 0.2) is 53.6 Å². The Labute approximate surface area is 183 Å². The van der Waals surface area contributed by atoms with Crippen LogP contribution in [0.2, 0.25) is 0 Å². The topological polar surface area (TPSA) is 125 Å². The van der Waals surface area contributed by atoms with Gasteiger partial charge in [-0.2, -0.15) is 15.2 Å². The van der Waals surface area contributed by atoms with Gasteiger partial charge in [0, 0.05) is 41.4 Å². The van der Waals surface area contributed by atoms with Crippen molar-refractivity contribution in [1.29, 1.82) is 0 Å². The Kier molecular flexibility index (Phi) is 4.69. The highest BCUT2D eigenvalue weighted by atomic mass is 16.5. The number of hydrogen-bond acceptors (Lipinski definition) is 8. The third kappa shape index (κ3) is 3.54. The van der Waals surface area contributed by atoms with E-state index in [2.05, 4.69) is 46.5 Å². The Morgan fingerprint density at radius 2 is 2.00 bits per heavy atom. The van der Waals surface area contributed by atoms with Crippen molar-refractivity contribution in [2.45, 2.75) is 25.3 Å². The summed E-state index contributed by atoms with van der Waals surface area (Å²) in [6, 6.07) is 10.0. The molecule has 32 heavy (non-hydrogen) atoms. The van der Waals surface area contributed by atoms with Gasteiger partial charge >= 0.3 is 0 Å². The first-order chi connectivity index (χ1) is 15.8. The molecule has 0 amide bonds. The molecule has 0 unspecified atom stereocenters. The largest absolute Gasteiger partial charge is 0.343 e. The Morgan fingerprint density at radius 1 is 1.06 bits per heavy atom. The molecule has 0 aliphatic carbocycles. The van der Waals surface area contributed by atoms with Gasteiger partial charge in [0.1, 0.15) is 11.5 Å². The van der Waals surface area contributed by atoms with Gasteiger partial charge in [-0.25, -0.2) is 4.98 Å². The highest BCUT2D eigenvalue weighted by molar-refractivity contribution is 5.95. The quantitative estimate of drug-likeness (QED) is 0.438. The fourth-order valence-corrected chi connectivity index (χ4v) is 4.35. The van der Waals surface area contributed by atoms with E-state index in [1.807, 2.05) is 24.3 Å². The normalized spacial score (nSPS) is 17.2. The monoisotopic (exact) mass is 427 g/mol. The molecular weight excluding hydrogens is 406 g/mol. The summed E-state index contributed by atoms with van der Waals surface area (Å²) in [4.78, 5) is 15.4. The van der Waals surface area contributed by atoms with Crippen LogP contribution in [-0.4, -0.2) is 58.5 Å². The lowest BCUT2D eigenvalue weighted by Crippen LogP contribution is -2.34. The molecule has 1 aromatic carbocycles. The zero-order valence-electron chi connectivity index (χ0n) is 17.3. The lowest BCUT2D eigenvalue weighted by molar-refractivity contribution is 0.190. The number of aromatic amines is 2. The van der Waals surface area contributed by atoms with E-state index >= 15 is 0 Å². The predicted molar refractivity (Wildman–Crippen MR) is 116 cm³/mol. The SMILES string of the molecule is c1cc(-c2n[nH]c3ccc(-c4n[nH]c([C@H]5CCCN(Cc6ncon6)C5)n4)cc23)ccn1. The molecule has 4 aromatic heterocycles. The van der Waals surface area contributed by atoms with Crippen molar-refractivity contribution in [2.75, 3.05) is 13.1 Å². The van der Waals surface area contributed by atoms with Gasteiger partial charge in [-0.3, -0.25) is 20.1 Å². The van der Waals surface area contributed by atoms with Crippen molar-refractivity contribution >= 4 is 10.9 Å². The summed E-state index contributed by atoms with van der Waals surface area (Å²) in [6.07, 6.45) is 7.08. The molecule has 2 N–H and O–H groups in total. The molecule has 10 nitrogen and oxygen atoms in total. The number of hydrogen-bond donors (Lipinski definition) is 2. The molecule has 0 saturated carbocycles. The highest BCUT2D eigenvalue weighted by Gasteiger charge is 2.25. The molecule has 5 heterocycles. The summed E-state index contributed by atoms with van der Waals surface area (Å²) in [5.41, 5.74) is 3.84. The third-order valence-corrected chi connectivity index (χ3v) is 5.94. The zero-order valence-corrected chi connectivity index (χ0v) is 17.3. The molecule has 0 radical (unpaired) electrons. The molecule has 1 fully saturated rings. The summed E-state index contributed by atoms with van der Waals surface area (Å²) >= 11 is 0. The zero-order chi connectivity index (χ0) is 21.3. The molecule has 0 bridgehead atoms. The summed E-state index contributed by atoms with van der Waals surface area (Å²) in [5, 5.41) is 20.2. The number of fused-ring (bicyclic) bond motifs is 1. The van der Waals surface area contributed by atoms with E-state index in [4.69, 9.17) is 9.51 Å². The van der Waals surface area contributed by atoms with E-state index in [0.717, 1.165) is 59.5 Å². The van der Waals surface area contributed by atoms with Crippen molar-refractivity contribution in [3.8, 4) is 22.6 Å². The van der Waals surface area contributed by atoms with Gasteiger partial charge in [-0.05, 0) is 49.7 Å². The molecule has 1 atom stereocenters. The molecule has 5 aromatic rings. The first kappa shape index (κ1) is 18.8. The van der Waals surface area contributed by atoms with Gasteiger partial charge in [0.2, 0.25) is 6.39 Å². The van der Waals surface area contributed by atoms with Crippen LogP contribution in [0.5, 0.6) is 0 Å². The van der Waals surface area contributed by atoms with Gasteiger partial charge in [0.15, 0.2) is 11.6 Å². The summed E-state index contributed by atoms with van der Waals surface area (Å²) in [7, 11) is 0. The maximum atomic E-state index is 4.86. The number of nitrogens with zero attached hydrogens (tertiary/aromatic N) is 7. The molecule has 6 rings (SSSR count). The van der Waals surface area contributed by atoms with E-state index in [-0.39, 0.29) is 0 Å². The minimum absolute atomic E-state index is 0.293. The second-order valence-corrected chi connectivity index (χ2v) is 8.03. The number of aromatic nitrogens is 8. The lowest BCUT2D eigenvalue weighted by atomic mass is 9.97. The van der Waals surface area contributed by atoms with Crippen LogP contribution < -0.4 is 0 Å². The van der Waals surface area contributed by atoms with E-state index in [1.165, 1.54) is 6.39 Å². The van der Waals surface area contributed by atoms with Crippen LogP contribution in [0.1, 0.15) is 30.4 Å². The Bertz CT molecular complexity index is 1330. The Balaban J connectivity index is 1.25. The maximum Gasteiger partial charge on any atom is 0.213 e. The van der Waals surface area contributed by atoms with Crippen LogP contribution in [0.25, 0.3) is 33.5 Å². The van der Waals surface area contributed by atoms with Crippen molar-refractivity contribution < 1.29 is 4.52 Å². The standard InChI is InChI=1S/C22H21N9O/c1-2-16(11-31(9-1)12-19-24-13-32-30-19)22-25-21(28-29-22)15-3-4-18-17(10-15)20(27-26-18)14-5-7-23-8-6-14/h3-8,10,13,16H,1-2,9,11-12H2,(H,26,27)(H,25,28,29)/t16-/m0/s1. The van der Waals surface area contributed by atoms with Gasteiger partial charge in [-0.15, -0.1) is 0 Å². The van der Waals surface area contributed by atoms with Crippen LogP contribution >= 0.6 is 0 Å². The first-order valence-corrected chi connectivity index (χ1v) is 10.6. The fourth-order valence-electron chi connectivity index (χ4n) is 4.35. The second-order valence-electron chi connectivity index (χ2n) is 8.03. The van der Waals surface area contributed by atoms with Crippen LogP contribution in [0.3, 0.4) is 0 Å². The lowest BCUT2D eigenvalue weighted by Gasteiger charge is -2.30. The average molecular weight is 427 g/mol. The highest BCUT2D eigenvalue weighted by Crippen LogP contribution is 2.30. The third-order valence-electron chi connectivity index (χ3n) is 5.94. The van der Waals surface area contributed by atoms with Crippen molar-refractivity contribution in [3.05, 3.63) is 60.8 Å². The number of H-pyrrole nitrogens is 2. The molecular formula is C22H21N9O. The number of pyridine rings is 1. The molecule has 10 heteroatoms. The van der Waals surface area contributed by atoms with E-state index in [1.54, 1.807) is 12.4 Å². The minimum atomic E-state index is 0.293. The summed E-state index contributed by atoms with van der Waals surface area (Å²) in [6.45, 7) is 2.58. The fraction of sp³-hybridized carbons (Fsp3) is 0.273. The number of likely N-dealkylation sites (tertiary alicyclic amines) is 1. The molecule has 1 saturated heterocycles. The summed E-state index contributed by atoms with van der Waals surface area (Å²) in [5.74, 6) is 2.61. The molecule has 1 aliphatic rings. The van der Waals surface area contributed by atoms with Crippen molar-refractivity contribution in [2.24, 2.45) is 0 Å². The number of piperidine rings is 1. The molecule has 0 spiro atoms. The number of benzene rings is 1. The van der Waals surface area contributed by atoms with Crippen molar-refractivity contribution in [1.82, 2.24) is 45.4 Å². The Morgan fingerprint density at radius 3 is 2.88 bits per heavy atom. The van der Waals surface area contributed by atoms with Crippen LogP contribution in [0.4, 0.5) is 0 Å². The van der Waals surface area contributed by atoms with E-state index < -0.39 is 0 Å².